The van der Waals surface area contributed by atoms with Crippen LogP contribution in [0.5, 0.6) is 0 Å². The molecule has 6 atom stereocenters. The lowest BCUT2D eigenvalue weighted by Gasteiger charge is -2.24. The molecule has 6 heteroatoms. The van der Waals surface area contributed by atoms with Crippen molar-refractivity contribution >= 4 is 17.6 Å². The van der Waals surface area contributed by atoms with Gasteiger partial charge >= 0.3 is 5.97 Å². The second-order valence-corrected chi connectivity index (χ2v) is 8.57. The lowest BCUT2D eigenvalue weighted by atomic mass is 9.85. The number of aliphatic hydroxyl groups is 3. The summed E-state index contributed by atoms with van der Waals surface area (Å²) >= 11 is 6.46. The number of aliphatic carboxylic acids is 1. The monoisotopic (exact) mass is 392 g/mol. The summed E-state index contributed by atoms with van der Waals surface area (Å²) in [6.07, 6.45) is 8.01. The van der Waals surface area contributed by atoms with E-state index < -0.39 is 5.97 Å². The number of rotatable bonds is 14. The predicted molar refractivity (Wildman–Crippen MR) is 103 cm³/mol. The van der Waals surface area contributed by atoms with E-state index in [1.807, 2.05) is 0 Å². The van der Waals surface area contributed by atoms with Crippen molar-refractivity contribution in [2.45, 2.75) is 108 Å². The van der Waals surface area contributed by atoms with Crippen molar-refractivity contribution in [2.75, 3.05) is 0 Å². The fourth-order valence-corrected chi connectivity index (χ4v) is 4.62. The fraction of sp³-hybridized carbons (Fsp3) is 0.950. The molecule has 0 aliphatic heterocycles. The van der Waals surface area contributed by atoms with Gasteiger partial charge in [-0.3, -0.25) is 4.79 Å². The maximum Gasteiger partial charge on any atom is 0.303 e. The topological polar surface area (TPSA) is 98.0 Å². The molecule has 154 valence electrons. The third kappa shape index (κ3) is 9.54. The summed E-state index contributed by atoms with van der Waals surface area (Å²) in [4.78, 5) is 10.5. The zero-order valence-corrected chi connectivity index (χ0v) is 16.8. The minimum atomic E-state index is -0.739. The van der Waals surface area contributed by atoms with Crippen LogP contribution < -0.4 is 0 Å². The summed E-state index contributed by atoms with van der Waals surface area (Å²) in [5.41, 5.74) is 0. The molecule has 4 N–H and O–H groups in total. The molecule has 0 radical (unpaired) electrons. The Balaban J connectivity index is 2.29. The number of carboxylic acid groups (broad SMARTS) is 1. The van der Waals surface area contributed by atoms with Crippen LogP contribution in [-0.4, -0.2) is 50.1 Å². The van der Waals surface area contributed by atoms with Crippen LogP contribution >= 0.6 is 11.6 Å². The van der Waals surface area contributed by atoms with E-state index in [0.29, 0.717) is 25.7 Å². The number of halogens is 1. The highest BCUT2D eigenvalue weighted by atomic mass is 35.5. The highest BCUT2D eigenvalue weighted by Gasteiger charge is 2.40. The molecule has 1 fully saturated rings. The Bertz CT molecular complexity index is 390. The van der Waals surface area contributed by atoms with E-state index in [-0.39, 0.29) is 41.9 Å². The smallest absolute Gasteiger partial charge is 0.303 e. The van der Waals surface area contributed by atoms with Crippen molar-refractivity contribution in [3.8, 4) is 0 Å². The first kappa shape index (κ1) is 23.7. The normalized spacial score (nSPS) is 28.2. The molecule has 0 unspecified atom stereocenters. The standard InChI is InChI=1S/C20H37ClO5/c1-14(22)7-6-8-15(23)11-12-17-16(18(21)13-19(17)24)9-4-2-3-5-10-20(25)26/h14-19,22-24H,2-13H2,1H3,(H,25,26)/t14-,15+,16-,17-,18-,19-/m1/s1. The van der Waals surface area contributed by atoms with E-state index in [0.717, 1.165) is 44.9 Å². The summed E-state index contributed by atoms with van der Waals surface area (Å²) in [6.45, 7) is 1.76. The van der Waals surface area contributed by atoms with Gasteiger partial charge in [-0.2, -0.15) is 0 Å². The third-order valence-corrected chi connectivity index (χ3v) is 6.15. The van der Waals surface area contributed by atoms with Gasteiger partial charge in [0.2, 0.25) is 0 Å². The van der Waals surface area contributed by atoms with Gasteiger partial charge in [0.05, 0.1) is 18.3 Å². The molecule has 0 spiro atoms. The Hall–Kier alpha value is -0.360. The Kier molecular flexibility index (Phi) is 11.8. The molecule has 0 bridgehead atoms. The number of hydrogen-bond donors (Lipinski definition) is 4. The number of carbonyl (C=O) groups is 1. The van der Waals surface area contributed by atoms with Crippen LogP contribution in [0.1, 0.15) is 84.0 Å². The van der Waals surface area contributed by atoms with Crippen LogP contribution in [0, 0.1) is 11.8 Å². The molecule has 5 nitrogen and oxygen atoms in total. The summed E-state index contributed by atoms with van der Waals surface area (Å²) in [7, 11) is 0. The zero-order chi connectivity index (χ0) is 19.5. The molecule has 0 aromatic heterocycles. The number of alkyl halides is 1. The van der Waals surface area contributed by atoms with E-state index in [2.05, 4.69) is 0 Å². The van der Waals surface area contributed by atoms with Crippen molar-refractivity contribution in [2.24, 2.45) is 11.8 Å². The molecule has 1 rings (SSSR count). The largest absolute Gasteiger partial charge is 0.481 e. The third-order valence-electron chi connectivity index (χ3n) is 5.65. The van der Waals surface area contributed by atoms with Crippen LogP contribution in [-0.2, 0) is 4.79 Å². The molecule has 1 aliphatic rings. The van der Waals surface area contributed by atoms with Crippen LogP contribution in [0.2, 0.25) is 0 Å². The molecule has 1 saturated carbocycles. The lowest BCUT2D eigenvalue weighted by molar-refractivity contribution is -0.137. The minimum Gasteiger partial charge on any atom is -0.481 e. The number of aliphatic hydroxyl groups excluding tert-OH is 3. The molecule has 1 aliphatic carbocycles. The highest BCUT2D eigenvalue weighted by molar-refractivity contribution is 6.21. The van der Waals surface area contributed by atoms with Gasteiger partial charge in [-0.05, 0) is 70.1 Å². The number of carboxylic acids is 1. The van der Waals surface area contributed by atoms with Gasteiger partial charge in [0, 0.05) is 11.8 Å². The van der Waals surface area contributed by atoms with Crippen LogP contribution in [0.3, 0.4) is 0 Å². The van der Waals surface area contributed by atoms with Crippen molar-refractivity contribution in [3.05, 3.63) is 0 Å². The number of hydrogen-bond acceptors (Lipinski definition) is 4. The molecule has 0 aromatic carbocycles. The Morgan fingerprint density at radius 1 is 1.00 bits per heavy atom. The van der Waals surface area contributed by atoms with Crippen molar-refractivity contribution in [1.82, 2.24) is 0 Å². The second kappa shape index (κ2) is 12.9. The first-order chi connectivity index (χ1) is 12.3. The van der Waals surface area contributed by atoms with Gasteiger partial charge < -0.3 is 20.4 Å². The molecule has 0 aromatic rings. The summed E-state index contributed by atoms with van der Waals surface area (Å²) in [5, 5.41) is 38.4. The van der Waals surface area contributed by atoms with Gasteiger partial charge in [-0.25, -0.2) is 0 Å². The maximum atomic E-state index is 10.5. The second-order valence-electron chi connectivity index (χ2n) is 8.00. The van der Waals surface area contributed by atoms with E-state index in [4.69, 9.17) is 16.7 Å². The first-order valence-corrected chi connectivity index (χ1v) is 10.6. The Labute approximate surface area is 162 Å². The SMILES string of the molecule is C[C@@H](O)CCC[C@H](O)CC[C@@H]1[C@@H](CCCCCCC(=O)O)[C@H](Cl)C[C@H]1O. The van der Waals surface area contributed by atoms with Gasteiger partial charge in [0.25, 0.3) is 0 Å². The fourth-order valence-electron chi connectivity index (χ4n) is 4.12. The molecule has 0 amide bonds. The van der Waals surface area contributed by atoms with Crippen LogP contribution in [0.25, 0.3) is 0 Å². The molecule has 0 saturated heterocycles. The summed E-state index contributed by atoms with van der Waals surface area (Å²) < 4.78 is 0. The highest BCUT2D eigenvalue weighted by Crippen LogP contribution is 2.42. The number of unbranched alkanes of at least 4 members (excludes halogenated alkanes) is 3. The Morgan fingerprint density at radius 3 is 2.35 bits per heavy atom. The Morgan fingerprint density at radius 2 is 1.69 bits per heavy atom. The first-order valence-electron chi connectivity index (χ1n) is 10.2. The van der Waals surface area contributed by atoms with Crippen LogP contribution in [0.15, 0.2) is 0 Å². The van der Waals surface area contributed by atoms with Gasteiger partial charge in [0.1, 0.15) is 0 Å². The van der Waals surface area contributed by atoms with Gasteiger partial charge in [-0.15, -0.1) is 11.6 Å². The minimum absolute atomic E-state index is 0.0126. The average Bonchev–Trinajstić information content (AvgIpc) is 2.81. The van der Waals surface area contributed by atoms with E-state index in [1.54, 1.807) is 6.92 Å². The molecule has 0 heterocycles. The molecule has 26 heavy (non-hydrogen) atoms. The van der Waals surface area contributed by atoms with Crippen molar-refractivity contribution in [1.29, 1.82) is 0 Å². The van der Waals surface area contributed by atoms with Gasteiger partial charge in [0.15, 0.2) is 0 Å². The molecular formula is C20H37ClO5. The van der Waals surface area contributed by atoms with E-state index >= 15 is 0 Å². The maximum absolute atomic E-state index is 10.5. The van der Waals surface area contributed by atoms with Gasteiger partial charge in [-0.1, -0.05) is 19.3 Å². The van der Waals surface area contributed by atoms with Crippen LogP contribution in [0.4, 0.5) is 0 Å². The zero-order valence-electron chi connectivity index (χ0n) is 16.0. The van der Waals surface area contributed by atoms with E-state index in [1.165, 1.54) is 0 Å². The average molecular weight is 393 g/mol. The predicted octanol–water partition coefficient (Wildman–Crippen LogP) is 3.71. The lowest BCUT2D eigenvalue weighted by Crippen LogP contribution is -2.23. The summed E-state index contributed by atoms with van der Waals surface area (Å²) in [5.74, 6) is -0.324. The summed E-state index contributed by atoms with van der Waals surface area (Å²) in [6, 6.07) is 0. The quantitative estimate of drug-likeness (QED) is 0.267. The molecular weight excluding hydrogens is 356 g/mol. The van der Waals surface area contributed by atoms with Crippen molar-refractivity contribution in [3.63, 3.8) is 0 Å². The van der Waals surface area contributed by atoms with E-state index in [9.17, 15) is 20.1 Å². The van der Waals surface area contributed by atoms with Crippen molar-refractivity contribution < 1.29 is 25.2 Å².